The lowest BCUT2D eigenvalue weighted by Crippen LogP contribution is -2.18. The lowest BCUT2D eigenvalue weighted by atomic mass is 10.1. The third-order valence-corrected chi connectivity index (χ3v) is 5.25. The van der Waals surface area contributed by atoms with Crippen LogP contribution in [0.3, 0.4) is 0 Å². The second-order valence-corrected chi connectivity index (χ2v) is 7.36. The number of pyridine rings is 1. The van der Waals surface area contributed by atoms with Crippen molar-refractivity contribution in [1.82, 2.24) is 14.3 Å². The molecule has 0 amide bonds. The number of rotatable bonds is 4. The van der Waals surface area contributed by atoms with Gasteiger partial charge in [0.2, 0.25) is 5.43 Å². The average Bonchev–Trinajstić information content (AvgIpc) is 3.52. The fourth-order valence-corrected chi connectivity index (χ4v) is 3.67. The van der Waals surface area contributed by atoms with Crippen LogP contribution in [0.25, 0.3) is 27.8 Å². The van der Waals surface area contributed by atoms with Crippen LogP contribution in [0.1, 0.15) is 18.9 Å². The van der Waals surface area contributed by atoms with Gasteiger partial charge in [-0.1, -0.05) is 30.3 Å². The standard InChI is InChI=1S/C22H16FN3O5/c23-15-8-14-17(25(13-6-7-13)11-19(21(14)28)31-22(29)30)10-18(15)26-20(27)9-16(24-26)12-4-2-1-3-5-12/h1-5,8-11,13,24H,6-7H2,(H,29,30). The largest absolute Gasteiger partial charge is 0.511 e. The number of nitrogens with one attached hydrogen (secondary N) is 1. The van der Waals surface area contributed by atoms with Gasteiger partial charge in [-0.15, -0.1) is 0 Å². The second-order valence-electron chi connectivity index (χ2n) is 7.36. The van der Waals surface area contributed by atoms with Crippen molar-refractivity contribution in [3.8, 4) is 22.7 Å². The minimum Gasteiger partial charge on any atom is -0.449 e. The van der Waals surface area contributed by atoms with Crippen LogP contribution in [-0.4, -0.2) is 25.6 Å². The molecule has 0 unspecified atom stereocenters. The van der Waals surface area contributed by atoms with Gasteiger partial charge < -0.3 is 14.4 Å². The number of fused-ring (bicyclic) bond motifs is 1. The molecule has 0 atom stereocenters. The Kier molecular flexibility index (Phi) is 4.25. The minimum absolute atomic E-state index is 0.0187. The minimum atomic E-state index is -1.62. The number of carbonyl (C=O) groups is 1. The van der Waals surface area contributed by atoms with E-state index in [2.05, 4.69) is 9.84 Å². The summed E-state index contributed by atoms with van der Waals surface area (Å²) in [4.78, 5) is 36.2. The van der Waals surface area contributed by atoms with Crippen molar-refractivity contribution in [1.29, 1.82) is 0 Å². The monoisotopic (exact) mass is 421 g/mol. The van der Waals surface area contributed by atoms with Gasteiger partial charge in [0.15, 0.2) is 5.75 Å². The molecule has 5 rings (SSSR count). The maximum atomic E-state index is 15.0. The second kappa shape index (κ2) is 6.98. The number of hydrogen-bond donors (Lipinski definition) is 2. The number of aromatic nitrogens is 3. The molecule has 1 fully saturated rings. The van der Waals surface area contributed by atoms with Crippen molar-refractivity contribution in [2.24, 2.45) is 0 Å². The van der Waals surface area contributed by atoms with E-state index in [0.29, 0.717) is 11.2 Å². The predicted octanol–water partition coefficient (Wildman–Crippen LogP) is 3.68. The van der Waals surface area contributed by atoms with Crippen LogP contribution in [0.2, 0.25) is 0 Å². The maximum absolute atomic E-state index is 15.0. The topological polar surface area (TPSA) is 106 Å². The molecule has 0 bridgehead atoms. The molecule has 0 aliphatic heterocycles. The predicted molar refractivity (Wildman–Crippen MR) is 110 cm³/mol. The Hall–Kier alpha value is -4.14. The first-order chi connectivity index (χ1) is 14.9. The molecule has 1 aliphatic carbocycles. The molecule has 0 spiro atoms. The van der Waals surface area contributed by atoms with Gasteiger partial charge in [0, 0.05) is 12.1 Å². The van der Waals surface area contributed by atoms with Gasteiger partial charge >= 0.3 is 6.16 Å². The van der Waals surface area contributed by atoms with E-state index in [4.69, 9.17) is 5.11 Å². The van der Waals surface area contributed by atoms with E-state index in [1.807, 2.05) is 30.3 Å². The Balaban J connectivity index is 1.71. The summed E-state index contributed by atoms with van der Waals surface area (Å²) in [6.45, 7) is 0. The quantitative estimate of drug-likeness (QED) is 0.489. The van der Waals surface area contributed by atoms with Crippen molar-refractivity contribution >= 4 is 17.1 Å². The van der Waals surface area contributed by atoms with Crippen molar-refractivity contribution in [3.05, 3.63) is 81.1 Å². The van der Waals surface area contributed by atoms with Gasteiger partial charge in [-0.3, -0.25) is 14.7 Å². The smallest absolute Gasteiger partial charge is 0.449 e. The molecule has 0 saturated heterocycles. The highest BCUT2D eigenvalue weighted by Gasteiger charge is 2.27. The van der Waals surface area contributed by atoms with Gasteiger partial charge in [-0.2, -0.15) is 0 Å². The van der Waals surface area contributed by atoms with Crippen LogP contribution in [-0.2, 0) is 0 Å². The van der Waals surface area contributed by atoms with Crippen molar-refractivity contribution < 1.29 is 19.0 Å². The average molecular weight is 421 g/mol. The van der Waals surface area contributed by atoms with Crippen LogP contribution in [0, 0.1) is 5.82 Å². The highest BCUT2D eigenvalue weighted by atomic mass is 19.1. The number of halogens is 1. The molecule has 2 N–H and O–H groups in total. The van der Waals surface area contributed by atoms with Crippen molar-refractivity contribution in [2.75, 3.05) is 0 Å². The van der Waals surface area contributed by atoms with Crippen molar-refractivity contribution in [2.45, 2.75) is 18.9 Å². The number of aromatic amines is 1. The van der Waals surface area contributed by atoms with Crippen LogP contribution < -0.4 is 15.7 Å². The first kappa shape index (κ1) is 18.9. The molecule has 1 aliphatic rings. The van der Waals surface area contributed by atoms with E-state index in [-0.39, 0.29) is 22.9 Å². The molecule has 1 saturated carbocycles. The molecular weight excluding hydrogens is 405 g/mol. The van der Waals surface area contributed by atoms with E-state index in [1.165, 1.54) is 18.3 Å². The number of H-pyrrole nitrogens is 1. The van der Waals surface area contributed by atoms with Crippen LogP contribution in [0.15, 0.2) is 64.3 Å². The van der Waals surface area contributed by atoms with E-state index >= 15 is 4.39 Å². The van der Waals surface area contributed by atoms with E-state index < -0.39 is 23.0 Å². The van der Waals surface area contributed by atoms with Gasteiger partial charge in [0.25, 0.3) is 5.56 Å². The van der Waals surface area contributed by atoms with Gasteiger partial charge in [-0.25, -0.2) is 13.9 Å². The third-order valence-electron chi connectivity index (χ3n) is 5.25. The molecule has 8 nitrogen and oxygen atoms in total. The van der Waals surface area contributed by atoms with Crippen LogP contribution in [0.5, 0.6) is 5.75 Å². The summed E-state index contributed by atoms with van der Waals surface area (Å²) in [5.74, 6) is -1.19. The molecule has 9 heteroatoms. The summed E-state index contributed by atoms with van der Waals surface area (Å²) in [5.41, 5.74) is 0.455. The van der Waals surface area contributed by atoms with Gasteiger partial charge in [0.1, 0.15) is 11.5 Å². The summed E-state index contributed by atoms with van der Waals surface area (Å²) >= 11 is 0. The number of hydrogen-bond acceptors (Lipinski definition) is 4. The summed E-state index contributed by atoms with van der Waals surface area (Å²) < 4.78 is 22.4. The molecule has 2 aromatic heterocycles. The Morgan fingerprint density at radius 2 is 1.87 bits per heavy atom. The Morgan fingerprint density at radius 3 is 2.55 bits per heavy atom. The van der Waals surface area contributed by atoms with Gasteiger partial charge in [-0.05, 0) is 30.5 Å². The molecule has 2 aromatic carbocycles. The van der Waals surface area contributed by atoms with E-state index in [0.717, 1.165) is 29.2 Å². The fraction of sp³-hybridized carbons (Fsp3) is 0.136. The SMILES string of the molecule is O=C(O)Oc1cn(C2CC2)c2cc(-n3[nH]c(-c4ccccc4)cc3=O)c(F)cc2c1=O. The normalized spacial score (nSPS) is 13.5. The molecule has 156 valence electrons. The highest BCUT2D eigenvalue weighted by molar-refractivity contribution is 5.83. The first-order valence-electron chi connectivity index (χ1n) is 9.59. The first-order valence-corrected chi connectivity index (χ1v) is 9.59. The molecule has 31 heavy (non-hydrogen) atoms. The van der Waals surface area contributed by atoms with E-state index in [9.17, 15) is 14.4 Å². The molecule has 0 radical (unpaired) electrons. The zero-order chi connectivity index (χ0) is 21.7. The summed E-state index contributed by atoms with van der Waals surface area (Å²) in [6.07, 6.45) is 1.36. The summed E-state index contributed by atoms with van der Waals surface area (Å²) in [5, 5.41) is 11.8. The molecule has 2 heterocycles. The fourth-order valence-electron chi connectivity index (χ4n) is 3.67. The Bertz CT molecular complexity index is 1450. The third kappa shape index (κ3) is 3.29. The zero-order valence-corrected chi connectivity index (χ0v) is 16.0. The van der Waals surface area contributed by atoms with Gasteiger partial charge in [0.05, 0.1) is 22.8 Å². The Labute approximate surface area is 173 Å². The lowest BCUT2D eigenvalue weighted by molar-refractivity contribution is 0.143. The number of ether oxygens (including phenoxy) is 1. The van der Waals surface area contributed by atoms with Crippen LogP contribution >= 0.6 is 0 Å². The maximum Gasteiger partial charge on any atom is 0.511 e. The lowest BCUT2D eigenvalue weighted by Gasteiger charge is -2.14. The highest BCUT2D eigenvalue weighted by Crippen LogP contribution is 2.38. The Morgan fingerprint density at radius 1 is 1.13 bits per heavy atom. The number of carboxylic acid groups (broad SMARTS) is 1. The van der Waals surface area contributed by atoms with E-state index in [1.54, 1.807) is 4.57 Å². The summed E-state index contributed by atoms with van der Waals surface area (Å²) in [7, 11) is 0. The zero-order valence-electron chi connectivity index (χ0n) is 16.0. The molecular formula is C22H16FN3O5. The number of nitrogens with zero attached hydrogens (tertiary/aromatic N) is 2. The van der Waals surface area contributed by atoms with Crippen molar-refractivity contribution in [3.63, 3.8) is 0 Å². The molecule has 4 aromatic rings. The summed E-state index contributed by atoms with van der Waals surface area (Å²) in [6, 6.07) is 13.0. The van der Waals surface area contributed by atoms with Crippen LogP contribution in [0.4, 0.5) is 9.18 Å². The number of benzene rings is 2.